The normalized spacial score (nSPS) is 25.5. The van der Waals surface area contributed by atoms with Crippen molar-refractivity contribution in [1.29, 1.82) is 0 Å². The van der Waals surface area contributed by atoms with Gasteiger partial charge in [-0.05, 0) is 37.7 Å². The summed E-state index contributed by atoms with van der Waals surface area (Å²) in [5.74, 6) is 2.59. The van der Waals surface area contributed by atoms with E-state index in [1.807, 2.05) is 30.8 Å². The lowest BCUT2D eigenvalue weighted by Gasteiger charge is -2.45. The number of nitrogens with one attached hydrogen (secondary N) is 2. The van der Waals surface area contributed by atoms with Gasteiger partial charge in [0.05, 0.1) is 11.9 Å². The summed E-state index contributed by atoms with van der Waals surface area (Å²) >= 11 is 1.84. The lowest BCUT2D eigenvalue weighted by atomic mass is 9.79. The summed E-state index contributed by atoms with van der Waals surface area (Å²) in [6, 6.07) is 3.76. The molecule has 1 aromatic heterocycles. The van der Waals surface area contributed by atoms with Crippen LogP contribution in [0.15, 0.2) is 27.8 Å². The van der Waals surface area contributed by atoms with E-state index in [1.54, 1.807) is 6.26 Å². The van der Waals surface area contributed by atoms with Gasteiger partial charge in [-0.15, -0.1) is 0 Å². The molecule has 21 heavy (non-hydrogen) atoms. The molecule has 1 heterocycles. The van der Waals surface area contributed by atoms with Crippen LogP contribution in [-0.2, 0) is 6.54 Å². The maximum atomic E-state index is 10.6. The quantitative estimate of drug-likeness (QED) is 0.531. The molecular weight excluding hydrogens is 286 g/mol. The Hall–Kier alpha value is -1.14. The zero-order chi connectivity index (χ0) is 15.1. The molecule has 1 aliphatic carbocycles. The first-order valence-electron chi connectivity index (χ1n) is 7.56. The lowest BCUT2D eigenvalue weighted by Crippen LogP contribution is -2.58. The van der Waals surface area contributed by atoms with Gasteiger partial charge in [-0.25, -0.2) is 4.99 Å². The molecule has 1 aromatic rings. The van der Waals surface area contributed by atoms with E-state index < -0.39 is 5.60 Å². The highest BCUT2D eigenvalue weighted by molar-refractivity contribution is 8.00. The Balaban J connectivity index is 1.86. The van der Waals surface area contributed by atoms with Gasteiger partial charge in [0.15, 0.2) is 5.96 Å². The molecule has 0 saturated heterocycles. The molecule has 0 amide bonds. The fraction of sp³-hybridized carbons (Fsp3) is 0.667. The minimum atomic E-state index is -0.610. The first-order valence-corrected chi connectivity index (χ1v) is 8.61. The fourth-order valence-electron chi connectivity index (χ4n) is 2.38. The SMILES string of the molecule is CCNC(=NCc1ccco1)NCC1(O)CCC1SCC. The van der Waals surface area contributed by atoms with E-state index in [0.717, 1.165) is 36.9 Å². The molecule has 118 valence electrons. The minimum Gasteiger partial charge on any atom is -0.467 e. The van der Waals surface area contributed by atoms with Crippen molar-refractivity contribution >= 4 is 17.7 Å². The molecule has 0 radical (unpaired) electrons. The van der Waals surface area contributed by atoms with E-state index >= 15 is 0 Å². The Morgan fingerprint density at radius 1 is 1.52 bits per heavy atom. The van der Waals surface area contributed by atoms with E-state index in [1.165, 1.54) is 0 Å². The molecule has 0 aliphatic heterocycles. The highest BCUT2D eigenvalue weighted by Gasteiger charge is 2.45. The van der Waals surface area contributed by atoms with E-state index in [4.69, 9.17) is 4.42 Å². The third-order valence-corrected chi connectivity index (χ3v) is 5.10. The highest BCUT2D eigenvalue weighted by Crippen LogP contribution is 2.40. The second kappa shape index (κ2) is 7.75. The molecule has 2 rings (SSSR count). The predicted molar refractivity (Wildman–Crippen MR) is 87.6 cm³/mol. The molecule has 5 nitrogen and oxygen atoms in total. The van der Waals surface area contributed by atoms with Crippen molar-refractivity contribution < 1.29 is 9.52 Å². The summed E-state index contributed by atoms with van der Waals surface area (Å²) < 4.78 is 5.27. The number of nitrogens with zero attached hydrogens (tertiary/aromatic N) is 1. The summed E-state index contributed by atoms with van der Waals surface area (Å²) in [4.78, 5) is 4.47. The van der Waals surface area contributed by atoms with E-state index in [-0.39, 0.29) is 0 Å². The number of thioether (sulfide) groups is 1. The van der Waals surface area contributed by atoms with Gasteiger partial charge in [0.25, 0.3) is 0 Å². The maximum absolute atomic E-state index is 10.6. The smallest absolute Gasteiger partial charge is 0.191 e. The molecule has 1 saturated carbocycles. The van der Waals surface area contributed by atoms with Gasteiger partial charge < -0.3 is 20.2 Å². The number of guanidine groups is 1. The molecule has 0 aromatic carbocycles. The molecule has 0 bridgehead atoms. The summed E-state index contributed by atoms with van der Waals surface area (Å²) in [6.45, 7) is 5.97. The highest BCUT2D eigenvalue weighted by atomic mass is 32.2. The zero-order valence-corrected chi connectivity index (χ0v) is 13.6. The van der Waals surface area contributed by atoms with Crippen LogP contribution in [0.3, 0.4) is 0 Å². The van der Waals surface area contributed by atoms with Crippen LogP contribution in [0.4, 0.5) is 0 Å². The molecular formula is C15H25N3O2S. The number of furan rings is 1. The maximum Gasteiger partial charge on any atom is 0.191 e. The van der Waals surface area contributed by atoms with E-state index in [0.29, 0.717) is 18.3 Å². The monoisotopic (exact) mass is 311 g/mol. The van der Waals surface area contributed by atoms with Crippen molar-refractivity contribution in [2.24, 2.45) is 4.99 Å². The van der Waals surface area contributed by atoms with Crippen molar-refractivity contribution in [1.82, 2.24) is 10.6 Å². The Labute approximate surface area is 130 Å². The Morgan fingerprint density at radius 2 is 2.38 bits per heavy atom. The van der Waals surface area contributed by atoms with Crippen LogP contribution in [0.25, 0.3) is 0 Å². The number of hydrogen-bond acceptors (Lipinski definition) is 4. The largest absolute Gasteiger partial charge is 0.467 e. The predicted octanol–water partition coefficient (Wildman–Crippen LogP) is 1.98. The summed E-state index contributed by atoms with van der Waals surface area (Å²) in [7, 11) is 0. The standard InChI is InChI=1S/C15H25N3O2S/c1-3-16-14(17-10-12-6-5-9-20-12)18-11-15(19)8-7-13(15)21-4-2/h5-6,9,13,19H,3-4,7-8,10-11H2,1-2H3,(H2,16,17,18). The molecule has 2 atom stereocenters. The van der Waals surface area contributed by atoms with Gasteiger partial charge in [-0.1, -0.05) is 6.92 Å². The van der Waals surface area contributed by atoms with Gasteiger partial charge in [0, 0.05) is 18.3 Å². The van der Waals surface area contributed by atoms with Gasteiger partial charge in [0.2, 0.25) is 0 Å². The van der Waals surface area contributed by atoms with Crippen molar-refractivity contribution in [3.05, 3.63) is 24.2 Å². The summed E-state index contributed by atoms with van der Waals surface area (Å²) in [6.07, 6.45) is 3.60. The average Bonchev–Trinajstić information content (AvgIpc) is 2.99. The lowest BCUT2D eigenvalue weighted by molar-refractivity contribution is -0.0198. The molecule has 1 aliphatic rings. The Morgan fingerprint density at radius 3 is 2.95 bits per heavy atom. The van der Waals surface area contributed by atoms with Crippen LogP contribution in [-0.4, -0.2) is 40.8 Å². The van der Waals surface area contributed by atoms with Crippen LogP contribution in [0.5, 0.6) is 0 Å². The van der Waals surface area contributed by atoms with Crippen molar-refractivity contribution in [2.75, 3.05) is 18.8 Å². The molecule has 6 heteroatoms. The molecule has 0 spiro atoms. The number of rotatable bonds is 7. The topological polar surface area (TPSA) is 69.8 Å². The Kier molecular flexibility index (Phi) is 5.99. The van der Waals surface area contributed by atoms with E-state index in [2.05, 4.69) is 22.5 Å². The molecule has 3 N–H and O–H groups in total. The summed E-state index contributed by atoms with van der Waals surface area (Å²) in [5, 5.41) is 17.4. The molecule has 1 fully saturated rings. The van der Waals surface area contributed by atoms with Gasteiger partial charge in [-0.2, -0.15) is 11.8 Å². The number of aliphatic imine (C=N–C) groups is 1. The van der Waals surface area contributed by atoms with Gasteiger partial charge in [0.1, 0.15) is 12.3 Å². The third kappa shape index (κ3) is 4.41. The first-order chi connectivity index (χ1) is 10.2. The van der Waals surface area contributed by atoms with Crippen molar-refractivity contribution in [3.63, 3.8) is 0 Å². The van der Waals surface area contributed by atoms with Crippen LogP contribution >= 0.6 is 11.8 Å². The molecule has 2 unspecified atom stereocenters. The van der Waals surface area contributed by atoms with Crippen molar-refractivity contribution in [3.8, 4) is 0 Å². The zero-order valence-electron chi connectivity index (χ0n) is 12.8. The fourth-order valence-corrected chi connectivity index (χ4v) is 3.57. The van der Waals surface area contributed by atoms with Crippen LogP contribution < -0.4 is 10.6 Å². The van der Waals surface area contributed by atoms with Gasteiger partial charge >= 0.3 is 0 Å². The van der Waals surface area contributed by atoms with Gasteiger partial charge in [-0.3, -0.25) is 0 Å². The van der Waals surface area contributed by atoms with Crippen molar-refractivity contribution in [2.45, 2.75) is 44.1 Å². The minimum absolute atomic E-state index is 0.336. The number of aliphatic hydroxyl groups is 1. The second-order valence-electron chi connectivity index (χ2n) is 5.21. The van der Waals surface area contributed by atoms with Crippen LogP contribution in [0.2, 0.25) is 0 Å². The summed E-state index contributed by atoms with van der Waals surface area (Å²) in [5.41, 5.74) is -0.610. The average molecular weight is 311 g/mol. The third-order valence-electron chi connectivity index (χ3n) is 3.69. The van der Waals surface area contributed by atoms with Crippen LogP contribution in [0.1, 0.15) is 32.4 Å². The Bertz CT molecular complexity index is 450. The number of hydrogen-bond donors (Lipinski definition) is 3. The van der Waals surface area contributed by atoms with E-state index in [9.17, 15) is 5.11 Å². The van der Waals surface area contributed by atoms with Crippen LogP contribution in [0, 0.1) is 0 Å². The first kappa shape index (κ1) is 16.2. The second-order valence-corrected chi connectivity index (χ2v) is 6.69.